The van der Waals surface area contributed by atoms with Gasteiger partial charge >= 0.3 is 0 Å². The molecule has 0 N–H and O–H groups in total. The van der Waals surface area contributed by atoms with Crippen LogP contribution in [0.2, 0.25) is 0 Å². The number of likely N-dealkylation sites (tertiary alicyclic amines) is 1. The molecule has 4 nitrogen and oxygen atoms in total. The van der Waals surface area contributed by atoms with E-state index in [2.05, 4.69) is 11.0 Å². The Bertz CT molecular complexity index is 605. The third-order valence-corrected chi connectivity index (χ3v) is 5.15. The van der Waals surface area contributed by atoms with Gasteiger partial charge in [0.05, 0.1) is 6.54 Å². The van der Waals surface area contributed by atoms with Crippen LogP contribution in [0.5, 0.6) is 0 Å². The molecule has 2 fully saturated rings. The first-order chi connectivity index (χ1) is 11.6. The molecule has 4 heteroatoms. The van der Waals surface area contributed by atoms with Crippen molar-refractivity contribution in [2.24, 2.45) is 5.92 Å². The number of hydrogen-bond acceptors (Lipinski definition) is 4. The summed E-state index contributed by atoms with van der Waals surface area (Å²) in [7, 11) is 0. The predicted octanol–water partition coefficient (Wildman–Crippen LogP) is 3.16. The van der Waals surface area contributed by atoms with E-state index in [1.807, 2.05) is 19.1 Å². The minimum atomic E-state index is 0.246. The summed E-state index contributed by atoms with van der Waals surface area (Å²) in [5.41, 5.74) is 3.03. The summed E-state index contributed by atoms with van der Waals surface area (Å²) in [5, 5.41) is 0. The number of carbonyl (C=O) groups excluding carboxylic acids is 2. The number of benzene rings is 1. The summed E-state index contributed by atoms with van der Waals surface area (Å²) >= 11 is 0. The first-order valence-electron chi connectivity index (χ1n) is 9.06. The lowest BCUT2D eigenvalue weighted by Crippen LogP contribution is -2.35. The highest BCUT2D eigenvalue weighted by molar-refractivity contribution is 5.97. The standard InChI is InChI=1S/C20H27NO3/c1-15-4-5-17(13-21-8-2-3-18(22)14-21)11-19(15)20(23)12-16-6-9-24-10-7-16/h4-5,11,16H,2-3,6-10,12-14H2,1H3. The maximum absolute atomic E-state index is 12.7. The van der Waals surface area contributed by atoms with Crippen molar-refractivity contribution in [1.29, 1.82) is 0 Å². The SMILES string of the molecule is Cc1ccc(CN2CCCC(=O)C2)cc1C(=O)CC1CCOCC1. The zero-order valence-electron chi connectivity index (χ0n) is 14.6. The number of piperidine rings is 1. The molecule has 130 valence electrons. The lowest BCUT2D eigenvalue weighted by molar-refractivity contribution is -0.122. The molecule has 2 aliphatic heterocycles. The number of hydrogen-bond donors (Lipinski definition) is 0. The molecule has 2 heterocycles. The van der Waals surface area contributed by atoms with E-state index in [9.17, 15) is 9.59 Å². The van der Waals surface area contributed by atoms with Crippen molar-refractivity contribution in [3.8, 4) is 0 Å². The van der Waals surface area contributed by atoms with Crippen molar-refractivity contribution in [1.82, 2.24) is 4.90 Å². The number of carbonyl (C=O) groups is 2. The van der Waals surface area contributed by atoms with Crippen molar-refractivity contribution < 1.29 is 14.3 Å². The van der Waals surface area contributed by atoms with Gasteiger partial charge in [-0.1, -0.05) is 12.1 Å². The average molecular weight is 329 g/mol. The van der Waals surface area contributed by atoms with Gasteiger partial charge in [0.2, 0.25) is 0 Å². The molecule has 0 amide bonds. The summed E-state index contributed by atoms with van der Waals surface area (Å²) in [4.78, 5) is 26.5. The number of ketones is 2. The van der Waals surface area contributed by atoms with E-state index in [0.717, 1.165) is 62.3 Å². The molecule has 3 rings (SSSR count). The smallest absolute Gasteiger partial charge is 0.163 e. The second kappa shape index (κ2) is 8.04. The van der Waals surface area contributed by atoms with Crippen molar-refractivity contribution in [3.63, 3.8) is 0 Å². The summed E-state index contributed by atoms with van der Waals surface area (Å²) in [6.07, 6.45) is 4.25. The van der Waals surface area contributed by atoms with E-state index in [0.29, 0.717) is 31.1 Å². The topological polar surface area (TPSA) is 46.6 Å². The number of rotatable bonds is 5. The van der Waals surface area contributed by atoms with E-state index < -0.39 is 0 Å². The van der Waals surface area contributed by atoms with Crippen molar-refractivity contribution in [2.75, 3.05) is 26.3 Å². The number of nitrogens with zero attached hydrogens (tertiary/aromatic N) is 1. The van der Waals surface area contributed by atoms with Crippen LogP contribution in [0.1, 0.15) is 53.6 Å². The Balaban J connectivity index is 1.66. The van der Waals surface area contributed by atoms with Gasteiger partial charge in [-0.05, 0) is 55.8 Å². The minimum absolute atomic E-state index is 0.246. The molecule has 0 aliphatic carbocycles. The van der Waals surface area contributed by atoms with Crippen LogP contribution < -0.4 is 0 Å². The quantitative estimate of drug-likeness (QED) is 0.779. The van der Waals surface area contributed by atoms with Gasteiger partial charge in [-0.25, -0.2) is 0 Å². The maximum atomic E-state index is 12.7. The predicted molar refractivity (Wildman–Crippen MR) is 93.2 cm³/mol. The summed E-state index contributed by atoms with van der Waals surface area (Å²) in [6, 6.07) is 6.16. The molecular formula is C20H27NO3. The number of aryl methyl sites for hydroxylation is 1. The van der Waals surface area contributed by atoms with E-state index in [1.54, 1.807) is 0 Å². The van der Waals surface area contributed by atoms with Crippen molar-refractivity contribution in [2.45, 2.75) is 45.6 Å². The first-order valence-corrected chi connectivity index (χ1v) is 9.06. The normalized spacial score (nSPS) is 20.3. The van der Waals surface area contributed by atoms with Gasteiger partial charge in [-0.2, -0.15) is 0 Å². The third-order valence-electron chi connectivity index (χ3n) is 5.15. The fraction of sp³-hybridized carbons (Fsp3) is 0.600. The van der Waals surface area contributed by atoms with Crippen molar-refractivity contribution >= 4 is 11.6 Å². The molecule has 0 saturated carbocycles. The van der Waals surface area contributed by atoms with Gasteiger partial charge < -0.3 is 4.74 Å². The first kappa shape index (κ1) is 17.3. The zero-order valence-corrected chi connectivity index (χ0v) is 14.6. The fourth-order valence-corrected chi connectivity index (χ4v) is 3.69. The van der Waals surface area contributed by atoms with Gasteiger partial charge in [0.15, 0.2) is 5.78 Å². The van der Waals surface area contributed by atoms with Gasteiger partial charge in [0, 0.05) is 38.2 Å². The zero-order chi connectivity index (χ0) is 16.9. The Morgan fingerprint density at radius 3 is 2.83 bits per heavy atom. The van der Waals surface area contributed by atoms with E-state index >= 15 is 0 Å². The van der Waals surface area contributed by atoms with Gasteiger partial charge in [-0.15, -0.1) is 0 Å². The Morgan fingerprint density at radius 1 is 1.29 bits per heavy atom. The second-order valence-electron chi connectivity index (χ2n) is 7.19. The Kier molecular flexibility index (Phi) is 5.80. The minimum Gasteiger partial charge on any atom is -0.381 e. The van der Waals surface area contributed by atoms with Gasteiger partial charge in [-0.3, -0.25) is 14.5 Å². The second-order valence-corrected chi connectivity index (χ2v) is 7.19. The highest BCUT2D eigenvalue weighted by Gasteiger charge is 2.21. The maximum Gasteiger partial charge on any atom is 0.163 e. The van der Waals surface area contributed by atoms with Crippen LogP contribution in [0.15, 0.2) is 18.2 Å². The van der Waals surface area contributed by atoms with Crippen LogP contribution in [0.4, 0.5) is 0 Å². The summed E-state index contributed by atoms with van der Waals surface area (Å²) < 4.78 is 5.38. The van der Waals surface area contributed by atoms with E-state index in [-0.39, 0.29) is 5.78 Å². The number of ether oxygens (including phenoxy) is 1. The van der Waals surface area contributed by atoms with Crippen LogP contribution in [-0.2, 0) is 16.1 Å². The van der Waals surface area contributed by atoms with E-state index in [1.165, 1.54) is 0 Å². The monoisotopic (exact) mass is 329 g/mol. The van der Waals surface area contributed by atoms with E-state index in [4.69, 9.17) is 4.74 Å². The van der Waals surface area contributed by atoms with Crippen LogP contribution in [0.25, 0.3) is 0 Å². The van der Waals surface area contributed by atoms with Crippen molar-refractivity contribution in [3.05, 3.63) is 34.9 Å². The Hall–Kier alpha value is -1.52. The molecule has 24 heavy (non-hydrogen) atoms. The lowest BCUT2D eigenvalue weighted by atomic mass is 9.90. The van der Waals surface area contributed by atoms with Crippen LogP contribution in [-0.4, -0.2) is 42.8 Å². The van der Waals surface area contributed by atoms with Crippen LogP contribution in [0.3, 0.4) is 0 Å². The molecule has 0 aromatic heterocycles. The molecule has 0 bridgehead atoms. The molecule has 2 aliphatic rings. The highest BCUT2D eigenvalue weighted by Crippen LogP contribution is 2.23. The molecular weight excluding hydrogens is 302 g/mol. The average Bonchev–Trinajstić information content (AvgIpc) is 2.57. The van der Waals surface area contributed by atoms with Crippen LogP contribution >= 0.6 is 0 Å². The molecule has 2 saturated heterocycles. The number of Topliss-reactive ketones (excluding diaryl/α,β-unsaturated/α-hetero) is 2. The lowest BCUT2D eigenvalue weighted by Gasteiger charge is -2.26. The fourth-order valence-electron chi connectivity index (χ4n) is 3.69. The van der Waals surface area contributed by atoms with Crippen LogP contribution in [0, 0.1) is 12.8 Å². The molecule has 0 radical (unpaired) electrons. The Morgan fingerprint density at radius 2 is 2.08 bits per heavy atom. The molecule has 0 unspecified atom stereocenters. The largest absolute Gasteiger partial charge is 0.381 e. The van der Waals surface area contributed by atoms with Gasteiger partial charge in [0.1, 0.15) is 5.78 Å². The Labute approximate surface area is 144 Å². The molecule has 0 atom stereocenters. The third kappa shape index (κ3) is 4.52. The summed E-state index contributed by atoms with van der Waals surface area (Å²) in [6.45, 7) is 5.82. The summed E-state index contributed by atoms with van der Waals surface area (Å²) in [5.74, 6) is 1.02. The molecule has 1 aromatic rings. The molecule has 1 aromatic carbocycles. The van der Waals surface area contributed by atoms with Gasteiger partial charge in [0.25, 0.3) is 0 Å². The highest BCUT2D eigenvalue weighted by atomic mass is 16.5. The molecule has 0 spiro atoms.